The van der Waals surface area contributed by atoms with E-state index < -0.39 is 0 Å². The predicted octanol–water partition coefficient (Wildman–Crippen LogP) is 3.39. The molecule has 0 saturated carbocycles. The van der Waals surface area contributed by atoms with Crippen molar-refractivity contribution in [2.75, 3.05) is 18.6 Å². The Morgan fingerprint density at radius 1 is 1.65 bits per heavy atom. The van der Waals surface area contributed by atoms with Crippen LogP contribution in [-0.4, -0.2) is 24.6 Å². The number of thiophene rings is 1. The number of carbonyl (C=O) groups excluding carboxylic acids is 1. The van der Waals surface area contributed by atoms with Gasteiger partial charge in [-0.05, 0) is 43.1 Å². The molecule has 1 atom stereocenters. The van der Waals surface area contributed by atoms with E-state index in [1.54, 1.807) is 23.1 Å². The zero-order valence-electron chi connectivity index (χ0n) is 10.3. The molecule has 0 N–H and O–H groups in total. The van der Waals surface area contributed by atoms with Crippen LogP contribution in [0.15, 0.2) is 6.07 Å². The number of fused-ring (bicyclic) bond motifs is 1. The lowest BCUT2D eigenvalue weighted by molar-refractivity contribution is 0.0536. The molecule has 0 saturated heterocycles. The van der Waals surface area contributed by atoms with Crippen LogP contribution in [0.25, 0.3) is 0 Å². The van der Waals surface area contributed by atoms with E-state index in [0.717, 1.165) is 29.4 Å². The quantitative estimate of drug-likeness (QED) is 0.619. The van der Waals surface area contributed by atoms with Gasteiger partial charge in [0.25, 0.3) is 0 Å². The first-order valence-corrected chi connectivity index (χ1v) is 8.19. The Kier molecular flexibility index (Phi) is 4.51. The summed E-state index contributed by atoms with van der Waals surface area (Å²) in [6, 6.07) is 2.04. The number of ether oxygens (including phenoxy) is 1. The molecule has 0 fully saturated rings. The molecular weight excluding hydrogens is 252 g/mol. The van der Waals surface area contributed by atoms with Gasteiger partial charge in [0.1, 0.15) is 11.5 Å². The third kappa shape index (κ3) is 3.26. The molecule has 0 radical (unpaired) electrons. The normalized spacial score (nSPS) is 18.8. The van der Waals surface area contributed by atoms with E-state index >= 15 is 0 Å². The van der Waals surface area contributed by atoms with Crippen LogP contribution in [-0.2, 0) is 17.6 Å². The van der Waals surface area contributed by atoms with Gasteiger partial charge >= 0.3 is 5.97 Å². The zero-order valence-corrected chi connectivity index (χ0v) is 12.0. The molecule has 0 spiro atoms. The monoisotopic (exact) mass is 270 g/mol. The fraction of sp³-hybridized carbons (Fsp3) is 0.615. The van der Waals surface area contributed by atoms with E-state index in [2.05, 4.69) is 6.92 Å². The maximum Gasteiger partial charge on any atom is 0.348 e. The Balaban J connectivity index is 2.00. The number of esters is 1. The minimum Gasteiger partial charge on any atom is -0.461 e. The number of aryl methyl sites for hydroxylation is 1. The summed E-state index contributed by atoms with van der Waals surface area (Å²) in [5, 5.41) is 0. The van der Waals surface area contributed by atoms with Crippen molar-refractivity contribution in [1.82, 2.24) is 0 Å². The molecule has 0 bridgehead atoms. The summed E-state index contributed by atoms with van der Waals surface area (Å²) in [6.07, 6.45) is 5.50. The van der Waals surface area contributed by atoms with E-state index in [0.29, 0.717) is 6.61 Å². The first kappa shape index (κ1) is 13.0. The second-order valence-corrected chi connectivity index (χ2v) is 6.66. The van der Waals surface area contributed by atoms with Crippen molar-refractivity contribution in [1.29, 1.82) is 0 Å². The van der Waals surface area contributed by atoms with Crippen LogP contribution >= 0.6 is 23.1 Å². The third-order valence-electron chi connectivity index (χ3n) is 3.05. The fourth-order valence-corrected chi connectivity index (χ4v) is 3.45. The summed E-state index contributed by atoms with van der Waals surface area (Å²) < 4.78 is 5.22. The van der Waals surface area contributed by atoms with Gasteiger partial charge in [-0.2, -0.15) is 11.8 Å². The zero-order chi connectivity index (χ0) is 12.3. The van der Waals surface area contributed by atoms with Gasteiger partial charge in [-0.25, -0.2) is 4.79 Å². The Morgan fingerprint density at radius 3 is 3.24 bits per heavy atom. The Hall–Kier alpha value is -0.480. The van der Waals surface area contributed by atoms with E-state index in [1.807, 2.05) is 12.3 Å². The largest absolute Gasteiger partial charge is 0.461 e. The van der Waals surface area contributed by atoms with Gasteiger partial charge in [0.05, 0.1) is 0 Å². The predicted molar refractivity (Wildman–Crippen MR) is 74.2 cm³/mol. The Labute approximate surface area is 111 Å². The summed E-state index contributed by atoms with van der Waals surface area (Å²) in [5.74, 6) is 1.47. The highest BCUT2D eigenvalue weighted by Crippen LogP contribution is 2.32. The highest BCUT2D eigenvalue weighted by molar-refractivity contribution is 7.98. The lowest BCUT2D eigenvalue weighted by atomic mass is 9.90. The SMILES string of the molecule is CSCCOC(=O)c1cc2c(s1)CCC(C)C2. The molecule has 1 unspecified atom stereocenters. The van der Waals surface area contributed by atoms with Gasteiger partial charge in [0, 0.05) is 10.6 Å². The van der Waals surface area contributed by atoms with Crippen LogP contribution in [0.3, 0.4) is 0 Å². The van der Waals surface area contributed by atoms with Gasteiger partial charge in [-0.3, -0.25) is 0 Å². The van der Waals surface area contributed by atoms with Crippen molar-refractivity contribution in [3.63, 3.8) is 0 Å². The molecule has 94 valence electrons. The molecule has 1 aliphatic carbocycles. The molecule has 4 heteroatoms. The molecular formula is C13H18O2S2. The van der Waals surface area contributed by atoms with Gasteiger partial charge in [0.2, 0.25) is 0 Å². The van der Waals surface area contributed by atoms with Crippen LogP contribution in [0.4, 0.5) is 0 Å². The minimum atomic E-state index is -0.147. The number of carbonyl (C=O) groups is 1. The van der Waals surface area contributed by atoms with Crippen LogP contribution in [0.2, 0.25) is 0 Å². The number of thioether (sulfide) groups is 1. The van der Waals surface area contributed by atoms with Crippen molar-refractivity contribution in [2.24, 2.45) is 5.92 Å². The molecule has 0 aliphatic heterocycles. The van der Waals surface area contributed by atoms with Crippen LogP contribution in [0.5, 0.6) is 0 Å². The Bertz CT molecular complexity index is 398. The first-order chi connectivity index (χ1) is 8.20. The van der Waals surface area contributed by atoms with Gasteiger partial charge in [-0.15, -0.1) is 11.3 Å². The minimum absolute atomic E-state index is 0.147. The standard InChI is InChI=1S/C13H18O2S2/c1-9-3-4-11-10(7-9)8-12(17-11)13(14)15-5-6-16-2/h8-9H,3-7H2,1-2H3. The van der Waals surface area contributed by atoms with Crippen LogP contribution < -0.4 is 0 Å². The smallest absolute Gasteiger partial charge is 0.348 e. The second kappa shape index (κ2) is 5.91. The molecule has 2 nitrogen and oxygen atoms in total. The molecule has 17 heavy (non-hydrogen) atoms. The van der Waals surface area contributed by atoms with E-state index in [1.165, 1.54) is 16.9 Å². The summed E-state index contributed by atoms with van der Waals surface area (Å²) in [7, 11) is 0. The number of rotatable bonds is 4. The number of hydrogen-bond donors (Lipinski definition) is 0. The van der Waals surface area contributed by atoms with Crippen molar-refractivity contribution in [3.8, 4) is 0 Å². The highest BCUT2D eigenvalue weighted by Gasteiger charge is 2.21. The summed E-state index contributed by atoms with van der Waals surface area (Å²) in [6.45, 7) is 2.79. The molecule has 1 aliphatic rings. The topological polar surface area (TPSA) is 26.3 Å². The molecule has 0 aromatic carbocycles. The molecule has 1 aromatic rings. The van der Waals surface area contributed by atoms with E-state index in [4.69, 9.17) is 4.74 Å². The molecule has 0 amide bonds. The maximum absolute atomic E-state index is 11.8. The fourth-order valence-electron chi connectivity index (χ4n) is 2.10. The maximum atomic E-state index is 11.8. The van der Waals surface area contributed by atoms with Gasteiger partial charge in [-0.1, -0.05) is 6.92 Å². The lowest BCUT2D eigenvalue weighted by Gasteiger charge is -2.16. The van der Waals surface area contributed by atoms with E-state index in [-0.39, 0.29) is 5.97 Å². The van der Waals surface area contributed by atoms with Crippen molar-refractivity contribution in [3.05, 3.63) is 21.4 Å². The van der Waals surface area contributed by atoms with Gasteiger partial charge in [0.15, 0.2) is 0 Å². The van der Waals surface area contributed by atoms with Crippen molar-refractivity contribution < 1.29 is 9.53 Å². The summed E-state index contributed by atoms with van der Waals surface area (Å²) in [5.41, 5.74) is 1.37. The lowest BCUT2D eigenvalue weighted by Crippen LogP contribution is -2.08. The average Bonchev–Trinajstić information content (AvgIpc) is 2.72. The van der Waals surface area contributed by atoms with Crippen LogP contribution in [0.1, 0.15) is 33.5 Å². The molecule has 1 heterocycles. The highest BCUT2D eigenvalue weighted by atomic mass is 32.2. The Morgan fingerprint density at radius 2 is 2.47 bits per heavy atom. The second-order valence-electron chi connectivity index (χ2n) is 4.54. The summed E-state index contributed by atoms with van der Waals surface area (Å²) >= 11 is 3.31. The van der Waals surface area contributed by atoms with Crippen molar-refractivity contribution in [2.45, 2.75) is 26.2 Å². The third-order valence-corrected chi connectivity index (χ3v) is 4.84. The van der Waals surface area contributed by atoms with Gasteiger partial charge < -0.3 is 4.74 Å². The number of hydrogen-bond acceptors (Lipinski definition) is 4. The first-order valence-electron chi connectivity index (χ1n) is 5.98. The molecule has 1 aromatic heterocycles. The average molecular weight is 270 g/mol. The molecule has 2 rings (SSSR count). The van der Waals surface area contributed by atoms with Crippen molar-refractivity contribution >= 4 is 29.1 Å². The van der Waals surface area contributed by atoms with E-state index in [9.17, 15) is 4.79 Å². The summed E-state index contributed by atoms with van der Waals surface area (Å²) in [4.78, 5) is 14.0. The van der Waals surface area contributed by atoms with Crippen LogP contribution in [0, 0.1) is 5.92 Å².